The number of esters is 1. The lowest BCUT2D eigenvalue weighted by molar-refractivity contribution is -0.870. The van der Waals surface area contributed by atoms with Gasteiger partial charge in [0.15, 0.2) is 0 Å². The largest absolute Gasteiger partial charge is 0.756 e. The van der Waals surface area contributed by atoms with Crippen molar-refractivity contribution in [3.8, 4) is 0 Å². The first-order valence-corrected chi connectivity index (χ1v) is 23.0. The summed E-state index contributed by atoms with van der Waals surface area (Å²) in [5, 5.41) is 0. The van der Waals surface area contributed by atoms with Crippen molar-refractivity contribution in [1.29, 1.82) is 0 Å². The standard InChI is InChI=1S/C43H84NO7P/c1-6-8-10-12-14-16-18-20-22-23-25-27-29-31-33-35-38-48-40-42(41-50-52(46,47)49-39-37-44(3,4)5)51-43(45)36-34-32-30-28-26-24-21-19-17-15-13-11-9-7-2/h13,15,19,21,42H,6-12,14,16-18,20,22-41H2,1-5H3/b15-13-,21-19-. The second-order valence-corrected chi connectivity index (χ2v) is 17.1. The molecule has 8 nitrogen and oxygen atoms in total. The van der Waals surface area contributed by atoms with Crippen LogP contribution in [0.5, 0.6) is 0 Å². The number of carbonyl (C=O) groups excluding carboxylic acids is 1. The molecule has 0 aromatic carbocycles. The smallest absolute Gasteiger partial charge is 0.306 e. The van der Waals surface area contributed by atoms with Gasteiger partial charge in [-0.05, 0) is 38.5 Å². The second-order valence-electron chi connectivity index (χ2n) is 15.7. The van der Waals surface area contributed by atoms with Crippen molar-refractivity contribution < 1.29 is 37.3 Å². The van der Waals surface area contributed by atoms with E-state index >= 15 is 0 Å². The average Bonchev–Trinajstić information content (AvgIpc) is 3.09. The number of phosphoric acid groups is 1. The van der Waals surface area contributed by atoms with Crippen LogP contribution in [0.1, 0.15) is 187 Å². The highest BCUT2D eigenvalue weighted by atomic mass is 31.2. The summed E-state index contributed by atoms with van der Waals surface area (Å²) >= 11 is 0. The number of quaternary nitrogens is 1. The Kier molecular flexibility index (Phi) is 36.2. The average molecular weight is 758 g/mol. The summed E-state index contributed by atoms with van der Waals surface area (Å²) in [6.45, 7) is 5.38. The Balaban J connectivity index is 4.24. The zero-order valence-corrected chi connectivity index (χ0v) is 35.7. The molecular weight excluding hydrogens is 673 g/mol. The third kappa shape index (κ3) is 40.2. The maximum absolute atomic E-state index is 12.6. The molecule has 0 heterocycles. The van der Waals surface area contributed by atoms with E-state index in [2.05, 4.69) is 38.2 Å². The van der Waals surface area contributed by atoms with Gasteiger partial charge in [0.25, 0.3) is 7.82 Å². The lowest BCUT2D eigenvalue weighted by atomic mass is 10.0. The highest BCUT2D eigenvalue weighted by Crippen LogP contribution is 2.38. The fourth-order valence-electron chi connectivity index (χ4n) is 5.86. The van der Waals surface area contributed by atoms with Gasteiger partial charge < -0.3 is 27.9 Å². The number of rotatable bonds is 40. The Hall–Kier alpha value is -1.02. The summed E-state index contributed by atoms with van der Waals surface area (Å²) in [6, 6.07) is 0. The molecule has 0 aromatic heterocycles. The second kappa shape index (κ2) is 36.9. The molecular formula is C43H84NO7P. The Morgan fingerprint density at radius 2 is 1.08 bits per heavy atom. The van der Waals surface area contributed by atoms with E-state index in [4.69, 9.17) is 18.5 Å². The van der Waals surface area contributed by atoms with Crippen LogP contribution in [0.15, 0.2) is 24.3 Å². The predicted octanol–water partition coefficient (Wildman–Crippen LogP) is 11.8. The molecule has 0 spiro atoms. The first-order chi connectivity index (χ1) is 25.1. The SMILES string of the molecule is CCCC/C=C\C/C=C\CCCCCCCC(=O)OC(COCCCCCCCCCCCCCCCCCC)COP(=O)([O-])OCC[N+](C)(C)C. The summed E-state index contributed by atoms with van der Waals surface area (Å²) < 4.78 is 34.5. The number of hydrogen-bond donors (Lipinski definition) is 0. The van der Waals surface area contributed by atoms with Crippen molar-refractivity contribution in [2.45, 2.75) is 193 Å². The van der Waals surface area contributed by atoms with E-state index in [1.807, 2.05) is 21.1 Å². The lowest BCUT2D eigenvalue weighted by Crippen LogP contribution is -2.37. The monoisotopic (exact) mass is 758 g/mol. The van der Waals surface area contributed by atoms with Crippen LogP contribution in [-0.2, 0) is 27.9 Å². The van der Waals surface area contributed by atoms with Crippen molar-refractivity contribution in [2.24, 2.45) is 0 Å². The first-order valence-electron chi connectivity index (χ1n) is 21.6. The number of ether oxygens (including phenoxy) is 2. The Bertz CT molecular complexity index is 889. The molecule has 0 N–H and O–H groups in total. The molecule has 2 atom stereocenters. The van der Waals surface area contributed by atoms with Gasteiger partial charge in [-0.15, -0.1) is 0 Å². The molecule has 0 saturated carbocycles. The van der Waals surface area contributed by atoms with Crippen LogP contribution < -0.4 is 4.89 Å². The van der Waals surface area contributed by atoms with Crippen molar-refractivity contribution in [2.75, 3.05) is 54.1 Å². The molecule has 0 aliphatic heterocycles. The topological polar surface area (TPSA) is 94.1 Å². The molecule has 0 rings (SSSR count). The molecule has 308 valence electrons. The predicted molar refractivity (Wildman–Crippen MR) is 217 cm³/mol. The molecule has 0 fully saturated rings. The van der Waals surface area contributed by atoms with E-state index in [9.17, 15) is 14.3 Å². The Morgan fingerprint density at radius 1 is 0.596 bits per heavy atom. The van der Waals surface area contributed by atoms with Gasteiger partial charge in [0.05, 0.1) is 34.4 Å². The molecule has 0 bridgehead atoms. The number of allylic oxidation sites excluding steroid dienone is 4. The van der Waals surface area contributed by atoms with Gasteiger partial charge in [-0.25, -0.2) is 0 Å². The summed E-state index contributed by atoms with van der Waals surface area (Å²) in [7, 11) is 1.35. The minimum absolute atomic E-state index is 0.0250. The van der Waals surface area contributed by atoms with Gasteiger partial charge in [-0.3, -0.25) is 9.36 Å². The summed E-state index contributed by atoms with van der Waals surface area (Å²) in [5.74, 6) is -0.346. The van der Waals surface area contributed by atoms with Gasteiger partial charge in [0.1, 0.15) is 19.3 Å². The molecule has 52 heavy (non-hydrogen) atoms. The number of carbonyl (C=O) groups is 1. The van der Waals surface area contributed by atoms with Crippen LogP contribution in [0.3, 0.4) is 0 Å². The van der Waals surface area contributed by atoms with Crippen LogP contribution in [-0.4, -0.2) is 70.7 Å². The minimum Gasteiger partial charge on any atom is -0.756 e. The van der Waals surface area contributed by atoms with Crippen molar-refractivity contribution >= 4 is 13.8 Å². The van der Waals surface area contributed by atoms with Crippen molar-refractivity contribution in [1.82, 2.24) is 0 Å². The number of unbranched alkanes of at least 4 members (excludes halogenated alkanes) is 22. The van der Waals surface area contributed by atoms with E-state index in [1.54, 1.807) is 0 Å². The number of likely N-dealkylation sites (N-methyl/N-ethyl adjacent to an activating group) is 1. The zero-order chi connectivity index (χ0) is 38.4. The fraction of sp³-hybridized carbons (Fsp3) is 0.884. The molecule has 0 aliphatic carbocycles. The highest BCUT2D eigenvalue weighted by Gasteiger charge is 2.20. The Labute approximate surface area is 322 Å². The molecule has 2 unspecified atom stereocenters. The van der Waals surface area contributed by atoms with Crippen molar-refractivity contribution in [3.05, 3.63) is 24.3 Å². The van der Waals surface area contributed by atoms with Gasteiger partial charge in [-0.1, -0.05) is 167 Å². The number of hydrogen-bond acceptors (Lipinski definition) is 7. The summed E-state index contributed by atoms with van der Waals surface area (Å²) in [6.07, 6.45) is 40.4. The first kappa shape index (κ1) is 51.0. The van der Waals surface area contributed by atoms with Gasteiger partial charge in [-0.2, -0.15) is 0 Å². The van der Waals surface area contributed by atoms with Crippen LogP contribution in [0.4, 0.5) is 0 Å². The van der Waals surface area contributed by atoms with Gasteiger partial charge >= 0.3 is 5.97 Å². The van der Waals surface area contributed by atoms with E-state index < -0.39 is 13.9 Å². The highest BCUT2D eigenvalue weighted by molar-refractivity contribution is 7.45. The van der Waals surface area contributed by atoms with E-state index in [0.29, 0.717) is 24.1 Å². The normalized spacial score (nSPS) is 14.0. The molecule has 0 aliphatic rings. The molecule has 0 aromatic rings. The minimum atomic E-state index is -4.52. The summed E-state index contributed by atoms with van der Waals surface area (Å²) in [5.41, 5.74) is 0. The van der Waals surface area contributed by atoms with Crippen LogP contribution in [0.2, 0.25) is 0 Å². The molecule has 0 saturated heterocycles. The molecule has 9 heteroatoms. The lowest BCUT2D eigenvalue weighted by Gasteiger charge is -2.28. The molecule has 0 amide bonds. The quantitative estimate of drug-likeness (QED) is 0.0202. The van der Waals surface area contributed by atoms with E-state index in [1.165, 1.54) is 109 Å². The zero-order valence-electron chi connectivity index (χ0n) is 34.8. The molecule has 0 radical (unpaired) electrons. The van der Waals surface area contributed by atoms with E-state index in [0.717, 1.165) is 57.8 Å². The summed E-state index contributed by atoms with van der Waals surface area (Å²) in [4.78, 5) is 25.0. The fourth-order valence-corrected chi connectivity index (χ4v) is 6.59. The third-order valence-corrected chi connectivity index (χ3v) is 10.2. The van der Waals surface area contributed by atoms with Gasteiger partial charge in [0, 0.05) is 13.0 Å². The maximum Gasteiger partial charge on any atom is 0.306 e. The van der Waals surface area contributed by atoms with Crippen LogP contribution in [0, 0.1) is 0 Å². The van der Waals surface area contributed by atoms with Crippen LogP contribution in [0.25, 0.3) is 0 Å². The maximum atomic E-state index is 12.6. The van der Waals surface area contributed by atoms with Crippen LogP contribution >= 0.6 is 7.82 Å². The van der Waals surface area contributed by atoms with Gasteiger partial charge in [0.2, 0.25) is 0 Å². The van der Waals surface area contributed by atoms with E-state index in [-0.39, 0.29) is 25.8 Å². The third-order valence-electron chi connectivity index (χ3n) is 9.26. The number of nitrogens with zero attached hydrogens (tertiary/aromatic N) is 1. The Morgan fingerprint density at radius 3 is 1.62 bits per heavy atom. The number of phosphoric ester groups is 1. The van der Waals surface area contributed by atoms with Crippen molar-refractivity contribution in [3.63, 3.8) is 0 Å².